The van der Waals surface area contributed by atoms with Crippen molar-refractivity contribution < 1.29 is 4.74 Å². The molecule has 3 N–H and O–H groups in total. The maximum atomic E-state index is 5.76. The van der Waals surface area contributed by atoms with Gasteiger partial charge >= 0.3 is 0 Å². The van der Waals surface area contributed by atoms with Crippen LogP contribution in [0.4, 0.5) is 0 Å². The van der Waals surface area contributed by atoms with Crippen LogP contribution in [0.15, 0.2) is 53.4 Å². The number of nitrogens with one attached hydrogen (secondary N) is 1. The second-order valence-electron chi connectivity index (χ2n) is 4.85. The van der Waals surface area contributed by atoms with Gasteiger partial charge in [0.05, 0.1) is 7.11 Å². The fourth-order valence-electron chi connectivity index (χ4n) is 2.39. The number of hydrogen-bond donors (Lipinski definition) is 2. The highest BCUT2D eigenvalue weighted by molar-refractivity contribution is 7.98. The monoisotopic (exact) mass is 302 g/mol. The highest BCUT2D eigenvalue weighted by Crippen LogP contribution is 2.28. The predicted octanol–water partition coefficient (Wildman–Crippen LogP) is 3.55. The van der Waals surface area contributed by atoms with Crippen LogP contribution in [-0.2, 0) is 6.42 Å². The van der Waals surface area contributed by atoms with Crippen molar-refractivity contribution in [3.05, 3.63) is 59.7 Å². The molecule has 1 atom stereocenters. The van der Waals surface area contributed by atoms with Gasteiger partial charge < -0.3 is 4.74 Å². The lowest BCUT2D eigenvalue weighted by Crippen LogP contribution is -2.28. The highest BCUT2D eigenvalue weighted by Gasteiger charge is 2.13. The van der Waals surface area contributed by atoms with Gasteiger partial charge in [0.2, 0.25) is 0 Å². The summed E-state index contributed by atoms with van der Waals surface area (Å²) < 4.78 is 5.18. The van der Waals surface area contributed by atoms with Crippen molar-refractivity contribution in [1.82, 2.24) is 5.43 Å². The van der Waals surface area contributed by atoms with E-state index in [1.54, 1.807) is 18.9 Å². The summed E-state index contributed by atoms with van der Waals surface area (Å²) in [6.45, 7) is 0. The normalized spacial score (nSPS) is 12.1. The summed E-state index contributed by atoms with van der Waals surface area (Å²) >= 11 is 1.75. The van der Waals surface area contributed by atoms with Gasteiger partial charge in [0.15, 0.2) is 0 Å². The zero-order chi connectivity index (χ0) is 15.1. The second kappa shape index (κ2) is 8.08. The fourth-order valence-corrected chi connectivity index (χ4v) is 3.05. The van der Waals surface area contributed by atoms with Gasteiger partial charge in [0.25, 0.3) is 0 Å². The Kier molecular flexibility index (Phi) is 6.11. The molecule has 1 unspecified atom stereocenters. The first-order valence-corrected chi connectivity index (χ1v) is 8.23. The number of nitrogens with two attached hydrogens (primary N) is 1. The molecule has 0 aromatic heterocycles. The Bertz CT molecular complexity index is 557. The average molecular weight is 302 g/mol. The summed E-state index contributed by atoms with van der Waals surface area (Å²) in [4.78, 5) is 1.27. The molecular formula is C17H22N2OS. The number of benzene rings is 2. The van der Waals surface area contributed by atoms with E-state index in [4.69, 9.17) is 10.6 Å². The van der Waals surface area contributed by atoms with Gasteiger partial charge in [0.1, 0.15) is 5.75 Å². The van der Waals surface area contributed by atoms with E-state index in [1.165, 1.54) is 16.0 Å². The number of methoxy groups -OCH3 is 1. The number of rotatable bonds is 7. The maximum absolute atomic E-state index is 5.76. The van der Waals surface area contributed by atoms with Crippen LogP contribution in [0.1, 0.15) is 23.6 Å². The minimum Gasteiger partial charge on any atom is -0.497 e. The van der Waals surface area contributed by atoms with Crippen molar-refractivity contribution in [2.45, 2.75) is 23.8 Å². The summed E-state index contributed by atoms with van der Waals surface area (Å²) in [6.07, 6.45) is 4.03. The first-order chi connectivity index (χ1) is 10.3. The Morgan fingerprint density at radius 2 is 1.86 bits per heavy atom. The van der Waals surface area contributed by atoms with Crippen LogP contribution in [0, 0.1) is 0 Å². The van der Waals surface area contributed by atoms with E-state index in [1.807, 2.05) is 12.1 Å². The van der Waals surface area contributed by atoms with Crippen LogP contribution >= 0.6 is 11.8 Å². The predicted molar refractivity (Wildman–Crippen MR) is 89.6 cm³/mol. The molecule has 112 valence electrons. The van der Waals surface area contributed by atoms with Crippen molar-refractivity contribution in [2.75, 3.05) is 13.4 Å². The van der Waals surface area contributed by atoms with Gasteiger partial charge in [-0.05, 0) is 48.4 Å². The second-order valence-corrected chi connectivity index (χ2v) is 5.70. The molecule has 0 aliphatic heterocycles. The minimum absolute atomic E-state index is 0.163. The van der Waals surface area contributed by atoms with Gasteiger partial charge in [-0.3, -0.25) is 11.3 Å². The zero-order valence-electron chi connectivity index (χ0n) is 12.5. The smallest absolute Gasteiger partial charge is 0.118 e. The molecule has 0 heterocycles. The third kappa shape index (κ3) is 4.24. The number of hydrogen-bond acceptors (Lipinski definition) is 4. The first-order valence-electron chi connectivity index (χ1n) is 7.00. The van der Waals surface area contributed by atoms with Gasteiger partial charge in [0, 0.05) is 10.9 Å². The average Bonchev–Trinajstić information content (AvgIpc) is 2.56. The first kappa shape index (κ1) is 15.9. The molecule has 0 radical (unpaired) electrons. The quantitative estimate of drug-likeness (QED) is 0.466. The van der Waals surface area contributed by atoms with Crippen LogP contribution in [0.3, 0.4) is 0 Å². The topological polar surface area (TPSA) is 47.3 Å². The van der Waals surface area contributed by atoms with Gasteiger partial charge in [-0.15, -0.1) is 11.8 Å². The molecule has 0 aliphatic carbocycles. The number of aryl methyl sites for hydroxylation is 1. The standard InChI is InChI=1S/C17H22N2OS/c1-20-14-10-7-13(8-11-14)9-12-16(19-18)15-5-3-4-6-17(15)21-2/h3-8,10-11,16,19H,9,12,18H2,1-2H3. The number of hydrazine groups is 1. The van der Waals surface area contributed by atoms with Gasteiger partial charge in [-0.2, -0.15) is 0 Å². The van der Waals surface area contributed by atoms with E-state index in [9.17, 15) is 0 Å². The molecule has 0 spiro atoms. The lowest BCUT2D eigenvalue weighted by atomic mass is 9.99. The Hall–Kier alpha value is -1.49. The van der Waals surface area contributed by atoms with Crippen molar-refractivity contribution in [3.63, 3.8) is 0 Å². The Morgan fingerprint density at radius 1 is 1.14 bits per heavy atom. The summed E-state index contributed by atoms with van der Waals surface area (Å²) in [5, 5.41) is 0. The number of ether oxygens (including phenoxy) is 1. The largest absolute Gasteiger partial charge is 0.497 e. The lowest BCUT2D eigenvalue weighted by Gasteiger charge is -2.19. The molecule has 2 aromatic carbocycles. The van der Waals surface area contributed by atoms with Crippen LogP contribution in [0.5, 0.6) is 5.75 Å². The summed E-state index contributed by atoms with van der Waals surface area (Å²) in [5.41, 5.74) is 5.50. The Balaban J connectivity index is 2.05. The van der Waals surface area contributed by atoms with E-state index in [0.717, 1.165) is 18.6 Å². The van der Waals surface area contributed by atoms with Crippen LogP contribution in [-0.4, -0.2) is 13.4 Å². The van der Waals surface area contributed by atoms with Crippen molar-refractivity contribution in [2.24, 2.45) is 5.84 Å². The molecule has 0 saturated carbocycles. The zero-order valence-corrected chi connectivity index (χ0v) is 13.3. The molecule has 0 aliphatic rings. The molecule has 0 fully saturated rings. The minimum atomic E-state index is 0.163. The van der Waals surface area contributed by atoms with Crippen molar-refractivity contribution >= 4 is 11.8 Å². The van der Waals surface area contributed by atoms with E-state index < -0.39 is 0 Å². The van der Waals surface area contributed by atoms with E-state index >= 15 is 0 Å². The van der Waals surface area contributed by atoms with E-state index in [-0.39, 0.29) is 6.04 Å². The molecule has 2 rings (SSSR count). The third-order valence-electron chi connectivity index (χ3n) is 3.60. The fraction of sp³-hybridized carbons (Fsp3) is 0.294. The van der Waals surface area contributed by atoms with Gasteiger partial charge in [-0.1, -0.05) is 30.3 Å². The molecule has 2 aromatic rings. The molecule has 0 bridgehead atoms. The van der Waals surface area contributed by atoms with Crippen molar-refractivity contribution in [1.29, 1.82) is 0 Å². The Labute approximate surface area is 130 Å². The Morgan fingerprint density at radius 3 is 2.48 bits per heavy atom. The SMILES string of the molecule is COc1ccc(CCC(NN)c2ccccc2SC)cc1. The van der Waals surface area contributed by atoms with Crippen LogP contribution in [0.2, 0.25) is 0 Å². The van der Waals surface area contributed by atoms with E-state index in [0.29, 0.717) is 0 Å². The summed E-state index contributed by atoms with van der Waals surface area (Å²) in [7, 11) is 1.68. The molecule has 3 nitrogen and oxygen atoms in total. The molecule has 0 saturated heterocycles. The lowest BCUT2D eigenvalue weighted by molar-refractivity contribution is 0.414. The summed E-state index contributed by atoms with van der Waals surface area (Å²) in [5.74, 6) is 6.65. The maximum Gasteiger partial charge on any atom is 0.118 e. The highest BCUT2D eigenvalue weighted by atomic mass is 32.2. The molecular weight excluding hydrogens is 280 g/mol. The summed E-state index contributed by atoms with van der Waals surface area (Å²) in [6, 6.07) is 16.8. The van der Waals surface area contributed by atoms with Crippen LogP contribution in [0.25, 0.3) is 0 Å². The van der Waals surface area contributed by atoms with Gasteiger partial charge in [-0.25, -0.2) is 0 Å². The van der Waals surface area contributed by atoms with Crippen molar-refractivity contribution in [3.8, 4) is 5.75 Å². The van der Waals surface area contributed by atoms with Crippen LogP contribution < -0.4 is 16.0 Å². The van der Waals surface area contributed by atoms with E-state index in [2.05, 4.69) is 48.1 Å². The number of thioether (sulfide) groups is 1. The molecule has 4 heteroatoms. The third-order valence-corrected chi connectivity index (χ3v) is 4.41. The molecule has 21 heavy (non-hydrogen) atoms. The molecule has 0 amide bonds.